The number of hydrogen-bond donors (Lipinski definition) is 0. The molecule has 1 aliphatic rings. The molecule has 0 atom stereocenters. The van der Waals surface area contributed by atoms with Gasteiger partial charge in [-0.05, 0) is 24.5 Å². The Morgan fingerprint density at radius 3 is 2.85 bits per heavy atom. The second-order valence-corrected chi connectivity index (χ2v) is 5.26. The number of carbonyl (C=O) groups is 1. The molecule has 1 aliphatic carbocycles. The van der Waals surface area contributed by atoms with Gasteiger partial charge in [-0.15, -0.1) is 0 Å². The Kier molecular flexibility index (Phi) is 3.22. The van der Waals surface area contributed by atoms with E-state index in [9.17, 15) is 4.79 Å². The van der Waals surface area contributed by atoms with Crippen LogP contribution in [0.1, 0.15) is 30.1 Å². The summed E-state index contributed by atoms with van der Waals surface area (Å²) in [5.74, 6) is 0.542. The molecule has 1 aromatic carbocycles. The number of carbonyl (C=O) groups excluding carboxylic acids is 1. The molecule has 3 rings (SSSR count). The second kappa shape index (κ2) is 4.90. The fraction of sp³-hybridized carbons (Fsp3) is 0.357. The lowest BCUT2D eigenvalue weighted by Gasteiger charge is -2.05. The molecule has 1 fully saturated rings. The predicted molar refractivity (Wildman–Crippen MR) is 71.5 cm³/mol. The maximum absolute atomic E-state index is 11.7. The Morgan fingerprint density at radius 2 is 2.20 bits per heavy atom. The van der Waals surface area contributed by atoms with Crippen molar-refractivity contribution in [3.8, 4) is 0 Å². The third kappa shape index (κ3) is 2.18. The van der Waals surface area contributed by atoms with Crippen molar-refractivity contribution in [3.05, 3.63) is 46.6 Å². The molecule has 0 saturated heterocycles. The molecular formula is C14H13ClN2O3. The largest absolute Gasteiger partial charge is 0.468 e. The first-order valence-corrected chi connectivity index (χ1v) is 6.68. The highest BCUT2D eigenvalue weighted by molar-refractivity contribution is 6.31. The van der Waals surface area contributed by atoms with Crippen LogP contribution in [-0.4, -0.2) is 23.2 Å². The Morgan fingerprint density at radius 1 is 1.45 bits per heavy atom. The topological polar surface area (TPSA) is 65.2 Å². The molecule has 2 aromatic rings. The van der Waals surface area contributed by atoms with E-state index in [1.54, 1.807) is 0 Å². The van der Waals surface area contributed by atoms with Gasteiger partial charge in [-0.25, -0.2) is 0 Å². The number of benzene rings is 1. The van der Waals surface area contributed by atoms with Crippen LogP contribution in [0.15, 0.2) is 28.8 Å². The molecule has 1 aromatic heterocycles. The van der Waals surface area contributed by atoms with Crippen LogP contribution in [0.2, 0.25) is 5.02 Å². The molecule has 104 valence electrons. The van der Waals surface area contributed by atoms with Crippen molar-refractivity contribution >= 4 is 17.6 Å². The summed E-state index contributed by atoms with van der Waals surface area (Å²) < 4.78 is 10.0. The van der Waals surface area contributed by atoms with Crippen LogP contribution in [0.5, 0.6) is 0 Å². The maximum atomic E-state index is 11.7. The van der Waals surface area contributed by atoms with Crippen LogP contribution in [0.4, 0.5) is 0 Å². The van der Waals surface area contributed by atoms with E-state index in [0.29, 0.717) is 36.0 Å². The highest BCUT2D eigenvalue weighted by Gasteiger charge is 2.57. The number of hydrogen-bond acceptors (Lipinski definition) is 5. The third-order valence-corrected chi connectivity index (χ3v) is 3.88. The fourth-order valence-corrected chi connectivity index (χ4v) is 2.36. The lowest BCUT2D eigenvalue weighted by atomic mass is 10.1. The minimum absolute atomic E-state index is 0.314. The molecule has 0 unspecified atom stereocenters. The van der Waals surface area contributed by atoms with Crippen LogP contribution in [0.3, 0.4) is 0 Å². The molecule has 1 saturated carbocycles. The second-order valence-electron chi connectivity index (χ2n) is 4.86. The average molecular weight is 293 g/mol. The Labute approximate surface area is 120 Å². The van der Waals surface area contributed by atoms with Gasteiger partial charge in [0.1, 0.15) is 5.41 Å². The van der Waals surface area contributed by atoms with Crippen molar-refractivity contribution in [2.45, 2.75) is 24.7 Å². The molecular weight excluding hydrogens is 280 g/mol. The zero-order chi connectivity index (χ0) is 14.2. The monoisotopic (exact) mass is 292 g/mol. The number of halogens is 1. The van der Waals surface area contributed by atoms with Crippen molar-refractivity contribution in [2.75, 3.05) is 7.11 Å². The maximum Gasteiger partial charge on any atom is 0.321 e. The smallest absolute Gasteiger partial charge is 0.321 e. The fourth-order valence-electron chi connectivity index (χ4n) is 2.16. The van der Waals surface area contributed by atoms with E-state index in [-0.39, 0.29) is 5.97 Å². The van der Waals surface area contributed by atoms with Crippen LogP contribution in [0, 0.1) is 0 Å². The van der Waals surface area contributed by atoms with E-state index in [4.69, 9.17) is 20.9 Å². The van der Waals surface area contributed by atoms with Gasteiger partial charge in [0.05, 0.1) is 7.11 Å². The molecule has 1 heterocycles. The van der Waals surface area contributed by atoms with E-state index < -0.39 is 5.41 Å². The molecule has 0 radical (unpaired) electrons. The van der Waals surface area contributed by atoms with Crippen molar-refractivity contribution in [1.29, 1.82) is 0 Å². The Bertz CT molecular complexity index is 649. The summed E-state index contributed by atoms with van der Waals surface area (Å²) in [5.41, 5.74) is 0.199. The number of ether oxygens (including phenoxy) is 1. The van der Waals surface area contributed by atoms with E-state index in [2.05, 4.69) is 10.1 Å². The van der Waals surface area contributed by atoms with E-state index in [1.807, 2.05) is 24.3 Å². The molecule has 0 bridgehead atoms. The van der Waals surface area contributed by atoms with E-state index in [1.165, 1.54) is 7.11 Å². The lowest BCUT2D eigenvalue weighted by Crippen LogP contribution is -2.22. The van der Waals surface area contributed by atoms with Gasteiger partial charge in [0.15, 0.2) is 5.82 Å². The first-order chi connectivity index (χ1) is 9.65. The number of nitrogens with zero attached hydrogens (tertiary/aromatic N) is 2. The minimum Gasteiger partial charge on any atom is -0.468 e. The zero-order valence-electron chi connectivity index (χ0n) is 10.9. The van der Waals surface area contributed by atoms with Gasteiger partial charge < -0.3 is 9.26 Å². The molecule has 0 spiro atoms. The van der Waals surface area contributed by atoms with Gasteiger partial charge in [-0.1, -0.05) is 35.0 Å². The summed E-state index contributed by atoms with van der Waals surface area (Å²) in [6, 6.07) is 7.49. The number of rotatable bonds is 4. The Balaban J connectivity index is 1.82. The van der Waals surface area contributed by atoms with Gasteiger partial charge in [-0.3, -0.25) is 4.79 Å². The third-order valence-electron chi connectivity index (χ3n) is 3.51. The predicted octanol–water partition coefficient (Wildman–Crippen LogP) is 2.52. The van der Waals surface area contributed by atoms with Gasteiger partial charge >= 0.3 is 5.97 Å². The lowest BCUT2D eigenvalue weighted by molar-refractivity contribution is -0.144. The number of aromatic nitrogens is 2. The summed E-state index contributed by atoms with van der Waals surface area (Å²) in [6.45, 7) is 0. The van der Waals surface area contributed by atoms with E-state index >= 15 is 0 Å². The van der Waals surface area contributed by atoms with Gasteiger partial charge in [0.25, 0.3) is 0 Å². The molecule has 6 heteroatoms. The standard InChI is InChI=1S/C14H13ClN2O3/c1-19-13(18)14(6-7-14)12-16-11(17-20-12)8-9-4-2-3-5-10(9)15/h2-5H,6-8H2,1H3. The van der Waals surface area contributed by atoms with Crippen LogP contribution < -0.4 is 0 Å². The SMILES string of the molecule is COC(=O)C1(c2nc(Cc3ccccc3Cl)no2)CC1. The summed E-state index contributed by atoms with van der Waals surface area (Å²) in [7, 11) is 1.36. The normalized spacial score (nSPS) is 15.9. The van der Waals surface area contributed by atoms with Gasteiger partial charge in [-0.2, -0.15) is 4.98 Å². The molecule has 0 amide bonds. The van der Waals surface area contributed by atoms with Gasteiger partial charge in [0, 0.05) is 11.4 Å². The first-order valence-electron chi connectivity index (χ1n) is 6.30. The van der Waals surface area contributed by atoms with Crippen LogP contribution >= 0.6 is 11.6 Å². The van der Waals surface area contributed by atoms with Crippen LogP contribution in [-0.2, 0) is 21.4 Å². The van der Waals surface area contributed by atoms with Crippen molar-refractivity contribution in [2.24, 2.45) is 0 Å². The number of esters is 1. The minimum atomic E-state index is -0.722. The van der Waals surface area contributed by atoms with Crippen molar-refractivity contribution in [3.63, 3.8) is 0 Å². The number of methoxy groups -OCH3 is 1. The Hall–Kier alpha value is -1.88. The van der Waals surface area contributed by atoms with Crippen LogP contribution in [0.25, 0.3) is 0 Å². The summed E-state index contributed by atoms with van der Waals surface area (Å²) in [4.78, 5) is 16.1. The molecule has 20 heavy (non-hydrogen) atoms. The molecule has 0 aliphatic heterocycles. The highest BCUT2D eigenvalue weighted by atomic mass is 35.5. The zero-order valence-corrected chi connectivity index (χ0v) is 11.7. The summed E-state index contributed by atoms with van der Waals surface area (Å²) >= 11 is 6.10. The summed E-state index contributed by atoms with van der Waals surface area (Å²) in [6.07, 6.45) is 1.85. The van der Waals surface area contributed by atoms with E-state index in [0.717, 1.165) is 5.56 Å². The quantitative estimate of drug-likeness (QED) is 0.810. The van der Waals surface area contributed by atoms with Crippen molar-refractivity contribution < 1.29 is 14.1 Å². The van der Waals surface area contributed by atoms with Crippen molar-refractivity contribution in [1.82, 2.24) is 10.1 Å². The highest BCUT2D eigenvalue weighted by Crippen LogP contribution is 2.48. The summed E-state index contributed by atoms with van der Waals surface area (Å²) in [5, 5.41) is 4.58. The van der Waals surface area contributed by atoms with Gasteiger partial charge in [0.2, 0.25) is 5.89 Å². The first kappa shape index (κ1) is 13.1. The average Bonchev–Trinajstić information content (AvgIpc) is 3.14. The molecule has 0 N–H and O–H groups in total. The molecule has 5 nitrogen and oxygen atoms in total.